The van der Waals surface area contributed by atoms with E-state index in [-0.39, 0.29) is 5.69 Å². The number of aromatic nitrogens is 1. The second kappa shape index (κ2) is 5.66. The van der Waals surface area contributed by atoms with Crippen molar-refractivity contribution in [3.63, 3.8) is 0 Å². The number of carbonyl (C=O) groups excluding carboxylic acids is 1. The first-order valence-corrected chi connectivity index (χ1v) is 7.12. The van der Waals surface area contributed by atoms with E-state index in [0.29, 0.717) is 26.3 Å². The Kier molecular flexibility index (Phi) is 3.69. The minimum Gasteiger partial charge on any atom is -0.618 e. The standard InChI is InChI=1S/C17H13ClN2O2/c1-11-2-6-14(7-3-11)19-17(21)16-8-4-12-10-13(18)5-9-15(12)20(16)22/h2-10H,1H3,(H,19,21). The van der Waals surface area contributed by atoms with Crippen LogP contribution < -0.4 is 10.0 Å². The molecule has 4 nitrogen and oxygen atoms in total. The molecule has 0 fully saturated rings. The number of carbonyl (C=O) groups is 1. The maximum Gasteiger partial charge on any atom is 0.321 e. The molecule has 3 aromatic rings. The molecule has 3 rings (SSSR count). The number of hydrogen-bond acceptors (Lipinski definition) is 2. The van der Waals surface area contributed by atoms with E-state index >= 15 is 0 Å². The molecule has 0 saturated carbocycles. The van der Waals surface area contributed by atoms with Crippen molar-refractivity contribution in [1.29, 1.82) is 0 Å². The number of amides is 1. The van der Waals surface area contributed by atoms with Gasteiger partial charge in [0.05, 0.1) is 0 Å². The first kappa shape index (κ1) is 14.4. The van der Waals surface area contributed by atoms with Crippen LogP contribution in [0, 0.1) is 12.1 Å². The molecule has 110 valence electrons. The van der Waals surface area contributed by atoms with Gasteiger partial charge in [0, 0.05) is 28.2 Å². The molecule has 0 spiro atoms. The predicted octanol–water partition coefficient (Wildman–Crippen LogP) is 3.69. The normalized spacial score (nSPS) is 10.6. The molecule has 22 heavy (non-hydrogen) atoms. The van der Waals surface area contributed by atoms with Crippen molar-refractivity contribution in [2.24, 2.45) is 0 Å². The highest BCUT2D eigenvalue weighted by Gasteiger charge is 2.18. The Morgan fingerprint density at radius 2 is 1.82 bits per heavy atom. The van der Waals surface area contributed by atoms with Crippen LogP contribution in [0.1, 0.15) is 16.1 Å². The van der Waals surface area contributed by atoms with E-state index in [1.807, 2.05) is 19.1 Å². The maximum atomic E-state index is 12.3. The van der Waals surface area contributed by atoms with Gasteiger partial charge in [-0.05, 0) is 37.3 Å². The number of hydrogen-bond donors (Lipinski definition) is 1. The summed E-state index contributed by atoms with van der Waals surface area (Å²) in [4.78, 5) is 12.3. The SMILES string of the molecule is Cc1ccc(NC(=O)c2ccc3cc(Cl)ccc3[n+]2[O-])cc1. The highest BCUT2D eigenvalue weighted by atomic mass is 35.5. The number of nitrogens with one attached hydrogen (secondary N) is 1. The molecule has 1 heterocycles. The zero-order valence-corrected chi connectivity index (χ0v) is 12.6. The summed E-state index contributed by atoms with van der Waals surface area (Å²) in [6.07, 6.45) is 0. The smallest absolute Gasteiger partial charge is 0.321 e. The maximum absolute atomic E-state index is 12.3. The quantitative estimate of drug-likeness (QED) is 0.579. The van der Waals surface area contributed by atoms with Crippen LogP contribution in [0.4, 0.5) is 5.69 Å². The van der Waals surface area contributed by atoms with Gasteiger partial charge in [0.1, 0.15) is 0 Å². The summed E-state index contributed by atoms with van der Waals surface area (Å²) in [5, 5.41) is 16.3. The number of benzene rings is 2. The van der Waals surface area contributed by atoms with Gasteiger partial charge in [-0.2, -0.15) is 4.73 Å². The Morgan fingerprint density at radius 3 is 2.55 bits per heavy atom. The third-order valence-corrected chi connectivity index (χ3v) is 3.63. The molecule has 2 aromatic carbocycles. The number of nitrogens with zero attached hydrogens (tertiary/aromatic N) is 1. The fraction of sp³-hybridized carbons (Fsp3) is 0.0588. The monoisotopic (exact) mass is 312 g/mol. The largest absolute Gasteiger partial charge is 0.618 e. The summed E-state index contributed by atoms with van der Waals surface area (Å²) >= 11 is 5.90. The van der Waals surface area contributed by atoms with E-state index in [2.05, 4.69) is 5.32 Å². The minimum atomic E-state index is -0.448. The van der Waals surface area contributed by atoms with Crippen LogP contribution in [-0.4, -0.2) is 5.91 Å². The number of pyridine rings is 1. The van der Waals surface area contributed by atoms with Gasteiger partial charge in [-0.15, -0.1) is 0 Å². The average molecular weight is 313 g/mol. The molecule has 5 heteroatoms. The molecular formula is C17H13ClN2O2. The third kappa shape index (κ3) is 2.73. The van der Waals surface area contributed by atoms with Crippen LogP contribution in [-0.2, 0) is 0 Å². The molecular weight excluding hydrogens is 300 g/mol. The van der Waals surface area contributed by atoms with Gasteiger partial charge >= 0.3 is 5.91 Å². The number of aryl methyl sites for hydroxylation is 1. The minimum absolute atomic E-state index is 0.0374. The summed E-state index contributed by atoms with van der Waals surface area (Å²) < 4.78 is 0.620. The topological polar surface area (TPSA) is 56.0 Å². The number of anilines is 1. The summed E-state index contributed by atoms with van der Waals surface area (Å²) in [6, 6.07) is 15.5. The van der Waals surface area contributed by atoms with Crippen LogP contribution in [0.15, 0.2) is 54.6 Å². The Hall–Kier alpha value is -2.59. The molecule has 0 atom stereocenters. The molecule has 0 aliphatic carbocycles. The lowest BCUT2D eigenvalue weighted by molar-refractivity contribution is -0.579. The van der Waals surface area contributed by atoms with Crippen molar-refractivity contribution in [1.82, 2.24) is 0 Å². The van der Waals surface area contributed by atoms with E-state index in [4.69, 9.17) is 11.6 Å². The highest BCUT2D eigenvalue weighted by Crippen LogP contribution is 2.17. The Morgan fingerprint density at radius 1 is 1.09 bits per heavy atom. The first-order valence-electron chi connectivity index (χ1n) is 6.74. The highest BCUT2D eigenvalue weighted by molar-refractivity contribution is 6.31. The van der Waals surface area contributed by atoms with E-state index in [0.717, 1.165) is 5.56 Å². The van der Waals surface area contributed by atoms with E-state index < -0.39 is 5.91 Å². The van der Waals surface area contributed by atoms with Gasteiger partial charge in [-0.25, -0.2) is 0 Å². The molecule has 1 aromatic heterocycles. The third-order valence-electron chi connectivity index (χ3n) is 3.39. The number of rotatable bonds is 2. The Labute approximate surface area is 132 Å². The summed E-state index contributed by atoms with van der Waals surface area (Å²) in [5.41, 5.74) is 2.18. The van der Waals surface area contributed by atoms with E-state index in [1.165, 1.54) is 6.07 Å². The van der Waals surface area contributed by atoms with Crippen molar-refractivity contribution in [2.45, 2.75) is 6.92 Å². The van der Waals surface area contributed by atoms with Gasteiger partial charge in [0.2, 0.25) is 5.52 Å². The number of fused-ring (bicyclic) bond motifs is 1. The molecule has 0 radical (unpaired) electrons. The Bertz CT molecular complexity index is 860. The van der Waals surface area contributed by atoms with Crippen molar-refractivity contribution in [3.8, 4) is 0 Å². The average Bonchev–Trinajstić information content (AvgIpc) is 2.49. The lowest BCUT2D eigenvalue weighted by Crippen LogP contribution is -2.37. The number of halogens is 1. The van der Waals surface area contributed by atoms with Crippen LogP contribution >= 0.6 is 11.6 Å². The van der Waals surface area contributed by atoms with Gasteiger partial charge < -0.3 is 10.5 Å². The van der Waals surface area contributed by atoms with Crippen molar-refractivity contribution in [3.05, 3.63) is 76.1 Å². The van der Waals surface area contributed by atoms with Crippen molar-refractivity contribution in [2.75, 3.05) is 5.32 Å². The van der Waals surface area contributed by atoms with Crippen LogP contribution in [0.3, 0.4) is 0 Å². The van der Waals surface area contributed by atoms with Crippen molar-refractivity contribution >= 4 is 34.1 Å². The molecule has 1 amide bonds. The lowest BCUT2D eigenvalue weighted by atomic mass is 10.2. The molecule has 0 aliphatic heterocycles. The second-order valence-corrected chi connectivity index (χ2v) is 5.47. The van der Waals surface area contributed by atoms with Gasteiger partial charge in [-0.1, -0.05) is 29.3 Å². The fourth-order valence-electron chi connectivity index (χ4n) is 2.21. The van der Waals surface area contributed by atoms with E-state index in [9.17, 15) is 10.0 Å². The van der Waals surface area contributed by atoms with E-state index in [1.54, 1.807) is 36.4 Å². The molecule has 0 saturated heterocycles. The summed E-state index contributed by atoms with van der Waals surface area (Å²) in [7, 11) is 0. The zero-order chi connectivity index (χ0) is 15.7. The summed E-state index contributed by atoms with van der Waals surface area (Å²) in [6.45, 7) is 1.96. The van der Waals surface area contributed by atoms with Crippen LogP contribution in [0.25, 0.3) is 10.9 Å². The van der Waals surface area contributed by atoms with Gasteiger partial charge in [0.25, 0.3) is 5.69 Å². The molecule has 1 N–H and O–H groups in total. The van der Waals surface area contributed by atoms with Gasteiger partial charge in [-0.3, -0.25) is 4.79 Å². The lowest BCUT2D eigenvalue weighted by Gasteiger charge is -2.08. The molecule has 0 bridgehead atoms. The summed E-state index contributed by atoms with van der Waals surface area (Å²) in [5.74, 6) is -0.448. The van der Waals surface area contributed by atoms with Crippen LogP contribution in [0.2, 0.25) is 5.02 Å². The first-order chi connectivity index (χ1) is 10.5. The van der Waals surface area contributed by atoms with Crippen molar-refractivity contribution < 1.29 is 9.52 Å². The zero-order valence-electron chi connectivity index (χ0n) is 11.8. The Balaban J connectivity index is 1.95. The molecule has 0 aliphatic rings. The van der Waals surface area contributed by atoms with Gasteiger partial charge in [0.15, 0.2) is 0 Å². The fourth-order valence-corrected chi connectivity index (χ4v) is 2.39. The predicted molar refractivity (Wildman–Crippen MR) is 87.1 cm³/mol. The second-order valence-electron chi connectivity index (χ2n) is 5.04. The van der Waals surface area contributed by atoms with Crippen LogP contribution in [0.5, 0.6) is 0 Å². The molecule has 0 unspecified atom stereocenters.